The Morgan fingerprint density at radius 2 is 1.89 bits per heavy atom. The lowest BCUT2D eigenvalue weighted by atomic mass is 10.00. The van der Waals surface area contributed by atoms with Gasteiger partial charge in [-0.2, -0.15) is 0 Å². The van der Waals surface area contributed by atoms with Crippen LogP contribution in [0.25, 0.3) is 0 Å². The molecule has 2 N–H and O–H groups in total. The Morgan fingerprint density at radius 1 is 1.28 bits per heavy atom. The minimum atomic E-state index is -0.981. The number of carboxylic acids is 1. The third-order valence-corrected chi connectivity index (χ3v) is 2.88. The second-order valence-electron chi connectivity index (χ2n) is 4.32. The molecule has 0 aliphatic heterocycles. The molecular weight excluding hydrogens is 230 g/mol. The van der Waals surface area contributed by atoms with Crippen molar-refractivity contribution in [1.82, 2.24) is 5.32 Å². The molecule has 0 saturated heterocycles. The molecule has 0 aliphatic rings. The molecule has 0 fully saturated rings. The van der Waals surface area contributed by atoms with E-state index in [0.717, 1.165) is 12.0 Å². The van der Waals surface area contributed by atoms with Crippen LogP contribution in [0.5, 0.6) is 0 Å². The zero-order valence-corrected chi connectivity index (χ0v) is 10.7. The number of hydrogen-bond donors (Lipinski definition) is 2. The van der Waals surface area contributed by atoms with E-state index in [0.29, 0.717) is 6.42 Å². The zero-order valence-electron chi connectivity index (χ0n) is 10.7. The maximum absolute atomic E-state index is 12.0. The van der Waals surface area contributed by atoms with Crippen molar-refractivity contribution in [3.63, 3.8) is 0 Å². The van der Waals surface area contributed by atoms with Crippen LogP contribution >= 0.6 is 0 Å². The minimum absolute atomic E-state index is 0.248. The van der Waals surface area contributed by atoms with E-state index in [1.54, 1.807) is 6.92 Å². The van der Waals surface area contributed by atoms with Crippen molar-refractivity contribution in [2.75, 3.05) is 0 Å². The van der Waals surface area contributed by atoms with Crippen molar-refractivity contribution in [2.45, 2.75) is 38.6 Å². The van der Waals surface area contributed by atoms with Gasteiger partial charge in [0.2, 0.25) is 5.91 Å². The number of aliphatic carboxylic acids is 1. The van der Waals surface area contributed by atoms with Gasteiger partial charge in [-0.15, -0.1) is 0 Å². The van der Waals surface area contributed by atoms with Crippen molar-refractivity contribution >= 4 is 11.9 Å². The number of rotatable bonds is 6. The van der Waals surface area contributed by atoms with Crippen LogP contribution in [0.1, 0.15) is 38.2 Å². The fraction of sp³-hybridized carbons (Fsp3) is 0.429. The molecular formula is C14H19NO3. The first-order valence-electron chi connectivity index (χ1n) is 6.14. The summed E-state index contributed by atoms with van der Waals surface area (Å²) in [5.74, 6) is -1.57. The van der Waals surface area contributed by atoms with Gasteiger partial charge in [0.15, 0.2) is 0 Å². The van der Waals surface area contributed by atoms with Gasteiger partial charge in [-0.05, 0) is 18.9 Å². The summed E-state index contributed by atoms with van der Waals surface area (Å²) >= 11 is 0. The largest absolute Gasteiger partial charge is 0.480 e. The zero-order chi connectivity index (χ0) is 13.5. The standard InChI is InChI=1S/C14H19NO3/c1-3-7-12(14(17)18)15-13(16)10(2)11-8-5-4-6-9-11/h4-6,8-10,12H,3,7H2,1-2H3,(H,15,16)(H,17,18)/t10-,12?/m1/s1. The topological polar surface area (TPSA) is 66.4 Å². The molecule has 1 aromatic carbocycles. The third kappa shape index (κ3) is 3.87. The maximum atomic E-state index is 12.0. The summed E-state index contributed by atoms with van der Waals surface area (Å²) in [4.78, 5) is 22.9. The average molecular weight is 249 g/mol. The van der Waals surface area contributed by atoms with Gasteiger partial charge in [0.1, 0.15) is 6.04 Å². The molecule has 0 radical (unpaired) electrons. The Balaban J connectivity index is 2.67. The Labute approximate surface area is 107 Å². The summed E-state index contributed by atoms with van der Waals surface area (Å²) in [6, 6.07) is 8.53. The van der Waals surface area contributed by atoms with Crippen molar-refractivity contribution in [1.29, 1.82) is 0 Å². The Bertz CT molecular complexity index is 403. The van der Waals surface area contributed by atoms with E-state index >= 15 is 0 Å². The molecule has 4 nitrogen and oxygen atoms in total. The minimum Gasteiger partial charge on any atom is -0.480 e. The molecule has 1 amide bonds. The summed E-state index contributed by atoms with van der Waals surface area (Å²) in [6.45, 7) is 3.66. The molecule has 0 aromatic heterocycles. The van der Waals surface area contributed by atoms with Crippen LogP contribution in [-0.4, -0.2) is 23.0 Å². The second kappa shape index (κ2) is 6.79. The monoisotopic (exact) mass is 249 g/mol. The van der Waals surface area contributed by atoms with E-state index < -0.39 is 12.0 Å². The number of carboxylic acid groups (broad SMARTS) is 1. The molecule has 0 saturated carbocycles. The number of hydrogen-bond acceptors (Lipinski definition) is 2. The van der Waals surface area contributed by atoms with Crippen LogP contribution in [0, 0.1) is 0 Å². The van der Waals surface area contributed by atoms with Crippen LogP contribution < -0.4 is 5.32 Å². The predicted molar refractivity (Wildman–Crippen MR) is 69.3 cm³/mol. The lowest BCUT2D eigenvalue weighted by molar-refractivity contribution is -0.142. The molecule has 4 heteroatoms. The SMILES string of the molecule is CCCC(NC(=O)[C@H](C)c1ccccc1)C(=O)O. The normalized spacial score (nSPS) is 13.7. The lowest BCUT2D eigenvalue weighted by Gasteiger charge is -2.17. The number of carbonyl (C=O) groups excluding carboxylic acids is 1. The molecule has 98 valence electrons. The molecule has 0 bridgehead atoms. The van der Waals surface area contributed by atoms with Crippen LogP contribution in [0.4, 0.5) is 0 Å². The Kier molecular flexibility index (Phi) is 5.36. The van der Waals surface area contributed by atoms with E-state index in [1.807, 2.05) is 37.3 Å². The first-order valence-corrected chi connectivity index (χ1v) is 6.14. The Hall–Kier alpha value is -1.84. The van der Waals surface area contributed by atoms with Crippen molar-refractivity contribution in [2.24, 2.45) is 0 Å². The van der Waals surface area contributed by atoms with E-state index in [-0.39, 0.29) is 11.8 Å². The fourth-order valence-electron chi connectivity index (χ4n) is 1.74. The Morgan fingerprint density at radius 3 is 2.39 bits per heavy atom. The molecule has 0 aliphatic carbocycles. The second-order valence-corrected chi connectivity index (χ2v) is 4.32. The van der Waals surface area contributed by atoms with E-state index in [2.05, 4.69) is 5.32 Å². The summed E-state index contributed by atoms with van der Waals surface area (Å²) in [6.07, 6.45) is 1.17. The van der Waals surface area contributed by atoms with E-state index in [1.165, 1.54) is 0 Å². The highest BCUT2D eigenvalue weighted by atomic mass is 16.4. The lowest BCUT2D eigenvalue weighted by Crippen LogP contribution is -2.42. The van der Waals surface area contributed by atoms with Crippen LogP contribution in [0.2, 0.25) is 0 Å². The summed E-state index contributed by atoms with van der Waals surface area (Å²) in [5.41, 5.74) is 0.885. The number of benzene rings is 1. The smallest absolute Gasteiger partial charge is 0.326 e. The summed E-state index contributed by atoms with van der Waals surface area (Å²) in [5, 5.41) is 11.6. The van der Waals surface area contributed by atoms with Crippen LogP contribution in [0.3, 0.4) is 0 Å². The maximum Gasteiger partial charge on any atom is 0.326 e. The van der Waals surface area contributed by atoms with Gasteiger partial charge in [-0.1, -0.05) is 43.7 Å². The quantitative estimate of drug-likeness (QED) is 0.812. The molecule has 18 heavy (non-hydrogen) atoms. The van der Waals surface area contributed by atoms with Gasteiger partial charge in [-0.25, -0.2) is 4.79 Å². The molecule has 1 aromatic rings. The third-order valence-electron chi connectivity index (χ3n) is 2.88. The number of carbonyl (C=O) groups is 2. The molecule has 1 rings (SSSR count). The van der Waals surface area contributed by atoms with Gasteiger partial charge in [0.05, 0.1) is 5.92 Å². The van der Waals surface area contributed by atoms with Crippen LogP contribution in [-0.2, 0) is 9.59 Å². The molecule has 0 heterocycles. The molecule has 0 spiro atoms. The highest BCUT2D eigenvalue weighted by Gasteiger charge is 2.22. The van der Waals surface area contributed by atoms with Gasteiger partial charge >= 0.3 is 5.97 Å². The van der Waals surface area contributed by atoms with E-state index in [4.69, 9.17) is 5.11 Å². The first-order chi connectivity index (χ1) is 8.56. The van der Waals surface area contributed by atoms with E-state index in [9.17, 15) is 9.59 Å². The fourth-order valence-corrected chi connectivity index (χ4v) is 1.74. The summed E-state index contributed by atoms with van der Waals surface area (Å²) < 4.78 is 0. The molecule has 1 unspecified atom stereocenters. The number of amides is 1. The van der Waals surface area contributed by atoms with Gasteiger partial charge in [0, 0.05) is 0 Å². The predicted octanol–water partition coefficient (Wildman–Crippen LogP) is 2.16. The van der Waals surface area contributed by atoms with Crippen LogP contribution in [0.15, 0.2) is 30.3 Å². The average Bonchev–Trinajstić information content (AvgIpc) is 2.38. The van der Waals surface area contributed by atoms with Gasteiger partial charge in [0.25, 0.3) is 0 Å². The first kappa shape index (κ1) is 14.2. The highest BCUT2D eigenvalue weighted by Crippen LogP contribution is 2.15. The van der Waals surface area contributed by atoms with Gasteiger partial charge < -0.3 is 10.4 Å². The van der Waals surface area contributed by atoms with Crippen molar-refractivity contribution in [3.8, 4) is 0 Å². The molecule has 2 atom stereocenters. The highest BCUT2D eigenvalue weighted by molar-refractivity contribution is 5.87. The summed E-state index contributed by atoms with van der Waals surface area (Å²) in [7, 11) is 0. The van der Waals surface area contributed by atoms with Crippen molar-refractivity contribution in [3.05, 3.63) is 35.9 Å². The van der Waals surface area contributed by atoms with Crippen molar-refractivity contribution < 1.29 is 14.7 Å². The number of nitrogens with one attached hydrogen (secondary N) is 1. The van der Waals surface area contributed by atoms with Gasteiger partial charge in [-0.3, -0.25) is 4.79 Å².